The molecule has 0 aliphatic carbocycles. The third-order valence-electron chi connectivity index (χ3n) is 4.04. The zero-order valence-electron chi connectivity index (χ0n) is 13.0. The van der Waals surface area contributed by atoms with Gasteiger partial charge in [0.25, 0.3) is 6.01 Å². The van der Waals surface area contributed by atoms with Gasteiger partial charge < -0.3 is 14.6 Å². The summed E-state index contributed by atoms with van der Waals surface area (Å²) < 4.78 is 41.1. The van der Waals surface area contributed by atoms with E-state index in [9.17, 15) is 12.8 Å². The summed E-state index contributed by atoms with van der Waals surface area (Å²) in [7, 11) is -2.92. The van der Waals surface area contributed by atoms with Gasteiger partial charge in [-0.05, 0) is 25.0 Å². The molecule has 6 nitrogen and oxygen atoms in total. The maximum Gasteiger partial charge on any atom is 0.295 e. The molecule has 3 rings (SSSR count). The lowest BCUT2D eigenvalue weighted by molar-refractivity contribution is 0.229. The third kappa shape index (κ3) is 4.42. The minimum Gasteiger partial charge on any atom is -0.423 e. The Morgan fingerprint density at radius 1 is 1.39 bits per heavy atom. The minimum absolute atomic E-state index is 0.196. The molecule has 0 unspecified atom stereocenters. The molecule has 0 saturated carbocycles. The Bertz CT molecular complexity index is 782. The van der Waals surface area contributed by atoms with Gasteiger partial charge in [-0.2, -0.15) is 4.98 Å². The van der Waals surface area contributed by atoms with Crippen LogP contribution in [0.3, 0.4) is 0 Å². The zero-order chi connectivity index (χ0) is 16.4. The molecule has 0 amide bonds. The first-order valence-electron chi connectivity index (χ1n) is 7.62. The van der Waals surface area contributed by atoms with Crippen molar-refractivity contribution >= 4 is 27.0 Å². The molecular weight excluding hydrogens is 321 g/mol. The molecular formula is C15H20FN3O3S. The van der Waals surface area contributed by atoms with Gasteiger partial charge in [0.15, 0.2) is 5.58 Å². The van der Waals surface area contributed by atoms with E-state index >= 15 is 0 Å². The van der Waals surface area contributed by atoms with Crippen molar-refractivity contribution in [3.63, 3.8) is 0 Å². The Balaban J connectivity index is 1.53. The Labute approximate surface area is 134 Å². The molecule has 23 heavy (non-hydrogen) atoms. The number of nitrogens with one attached hydrogen (secondary N) is 1. The number of likely N-dealkylation sites (tertiary alicyclic amines) is 1. The summed E-state index contributed by atoms with van der Waals surface area (Å²) >= 11 is 0. The maximum atomic E-state index is 13.1. The number of anilines is 1. The number of piperidine rings is 1. The Morgan fingerprint density at radius 3 is 2.83 bits per heavy atom. The van der Waals surface area contributed by atoms with Gasteiger partial charge in [-0.1, -0.05) is 0 Å². The normalized spacial score (nSPS) is 17.7. The van der Waals surface area contributed by atoms with Crippen molar-refractivity contribution in [1.82, 2.24) is 9.88 Å². The molecule has 1 aliphatic rings. The fraction of sp³-hybridized carbons (Fsp3) is 0.533. The van der Waals surface area contributed by atoms with Gasteiger partial charge in [-0.25, -0.2) is 12.8 Å². The highest BCUT2D eigenvalue weighted by Gasteiger charge is 2.21. The molecule has 0 atom stereocenters. The second-order valence-electron chi connectivity index (χ2n) is 6.02. The van der Waals surface area contributed by atoms with Gasteiger partial charge >= 0.3 is 0 Å². The highest BCUT2D eigenvalue weighted by atomic mass is 32.2. The molecule has 126 valence electrons. The molecule has 1 N–H and O–H groups in total. The number of sulfone groups is 1. The Hall–Kier alpha value is -1.67. The van der Waals surface area contributed by atoms with Gasteiger partial charge in [-0.15, -0.1) is 0 Å². The molecule has 0 bridgehead atoms. The van der Waals surface area contributed by atoms with Gasteiger partial charge in [0, 0.05) is 38.0 Å². The summed E-state index contributed by atoms with van der Waals surface area (Å²) in [4.78, 5) is 6.45. The molecule has 1 aromatic carbocycles. The van der Waals surface area contributed by atoms with Gasteiger partial charge in [-0.3, -0.25) is 0 Å². The number of fused-ring (bicyclic) bond motifs is 1. The van der Waals surface area contributed by atoms with E-state index in [0.29, 0.717) is 23.7 Å². The topological polar surface area (TPSA) is 75.4 Å². The average Bonchev–Trinajstić information content (AvgIpc) is 2.87. The van der Waals surface area contributed by atoms with Crippen LogP contribution < -0.4 is 5.32 Å². The van der Waals surface area contributed by atoms with Crippen LogP contribution in [0.2, 0.25) is 0 Å². The summed E-state index contributed by atoms with van der Waals surface area (Å²) in [6.45, 7) is 2.25. The highest BCUT2D eigenvalue weighted by molar-refractivity contribution is 7.90. The lowest BCUT2D eigenvalue weighted by atomic mass is 10.1. The third-order valence-corrected chi connectivity index (χ3v) is 4.97. The number of aromatic nitrogens is 1. The van der Waals surface area contributed by atoms with Crippen LogP contribution in [0, 0.1) is 5.82 Å². The number of hydrogen-bond acceptors (Lipinski definition) is 6. The van der Waals surface area contributed by atoms with Crippen molar-refractivity contribution in [2.45, 2.75) is 18.9 Å². The lowest BCUT2D eigenvalue weighted by Gasteiger charge is -2.31. The fourth-order valence-corrected chi connectivity index (χ4v) is 3.32. The van der Waals surface area contributed by atoms with Crippen LogP contribution in [-0.4, -0.2) is 56.0 Å². The molecule has 2 heterocycles. The first-order valence-corrected chi connectivity index (χ1v) is 9.68. The Kier molecular flexibility index (Phi) is 4.54. The smallest absolute Gasteiger partial charge is 0.295 e. The summed E-state index contributed by atoms with van der Waals surface area (Å²) in [6, 6.07) is 4.89. The summed E-state index contributed by atoms with van der Waals surface area (Å²) in [5.74, 6) is -0.152. The van der Waals surface area contributed by atoms with Crippen LogP contribution in [-0.2, 0) is 9.84 Å². The van der Waals surface area contributed by atoms with Gasteiger partial charge in [0.2, 0.25) is 0 Å². The number of halogens is 1. The maximum absolute atomic E-state index is 13.1. The monoisotopic (exact) mass is 341 g/mol. The average molecular weight is 341 g/mol. The van der Waals surface area contributed by atoms with E-state index in [2.05, 4.69) is 15.2 Å². The molecule has 1 fully saturated rings. The van der Waals surface area contributed by atoms with Crippen molar-refractivity contribution in [2.24, 2.45) is 0 Å². The predicted octanol–water partition coefficient (Wildman–Crippen LogP) is 1.89. The summed E-state index contributed by atoms with van der Waals surface area (Å²) in [5, 5.41) is 3.24. The van der Waals surface area contributed by atoms with E-state index in [1.54, 1.807) is 6.07 Å². The van der Waals surface area contributed by atoms with Crippen molar-refractivity contribution in [2.75, 3.05) is 37.0 Å². The molecule has 1 saturated heterocycles. The van der Waals surface area contributed by atoms with Crippen LogP contribution in [0.25, 0.3) is 11.1 Å². The summed E-state index contributed by atoms with van der Waals surface area (Å²) in [6.07, 6.45) is 3.03. The van der Waals surface area contributed by atoms with Crippen LogP contribution in [0.1, 0.15) is 12.8 Å². The van der Waals surface area contributed by atoms with E-state index in [-0.39, 0.29) is 17.6 Å². The molecule has 2 aromatic rings. The quantitative estimate of drug-likeness (QED) is 0.895. The number of nitrogens with zero attached hydrogens (tertiary/aromatic N) is 2. The largest absolute Gasteiger partial charge is 0.423 e. The summed E-state index contributed by atoms with van der Waals surface area (Å²) in [5.41, 5.74) is 1.05. The predicted molar refractivity (Wildman–Crippen MR) is 86.8 cm³/mol. The molecule has 1 aliphatic heterocycles. The number of oxazole rings is 1. The Morgan fingerprint density at radius 2 is 2.13 bits per heavy atom. The standard InChI is InChI=1S/C15H20FN3O3S/c1-23(20,21)9-8-19-6-4-12(5-7-19)17-15-18-13-3-2-11(16)10-14(13)22-15/h2-3,10,12H,4-9H2,1H3,(H,17,18). The van der Waals surface area contributed by atoms with Crippen molar-refractivity contribution < 1.29 is 17.2 Å². The van der Waals surface area contributed by atoms with E-state index in [4.69, 9.17) is 4.42 Å². The SMILES string of the molecule is CS(=O)(=O)CCN1CCC(Nc2nc3ccc(F)cc3o2)CC1. The highest BCUT2D eigenvalue weighted by Crippen LogP contribution is 2.22. The second kappa shape index (κ2) is 6.45. The first-order chi connectivity index (χ1) is 10.9. The van der Waals surface area contributed by atoms with E-state index in [0.717, 1.165) is 25.9 Å². The number of benzene rings is 1. The molecule has 0 spiro atoms. The second-order valence-corrected chi connectivity index (χ2v) is 8.28. The van der Waals surface area contributed by atoms with Crippen LogP contribution in [0.15, 0.2) is 22.6 Å². The van der Waals surface area contributed by atoms with Crippen LogP contribution >= 0.6 is 0 Å². The molecule has 8 heteroatoms. The van der Waals surface area contributed by atoms with Crippen LogP contribution in [0.4, 0.5) is 10.4 Å². The van der Waals surface area contributed by atoms with Gasteiger partial charge in [0.1, 0.15) is 21.2 Å². The minimum atomic E-state index is -2.92. The number of rotatable bonds is 5. The zero-order valence-corrected chi connectivity index (χ0v) is 13.8. The van der Waals surface area contributed by atoms with E-state index in [1.807, 2.05) is 0 Å². The fourth-order valence-electron chi connectivity index (χ4n) is 2.73. The van der Waals surface area contributed by atoms with Crippen molar-refractivity contribution in [3.8, 4) is 0 Å². The molecule has 1 aromatic heterocycles. The van der Waals surface area contributed by atoms with Gasteiger partial charge in [0.05, 0.1) is 5.75 Å². The van der Waals surface area contributed by atoms with Crippen molar-refractivity contribution in [1.29, 1.82) is 0 Å². The first kappa shape index (κ1) is 16.2. The van der Waals surface area contributed by atoms with Crippen molar-refractivity contribution in [3.05, 3.63) is 24.0 Å². The van der Waals surface area contributed by atoms with E-state index in [1.165, 1.54) is 18.4 Å². The van der Waals surface area contributed by atoms with Crippen LogP contribution in [0.5, 0.6) is 0 Å². The number of hydrogen-bond donors (Lipinski definition) is 1. The molecule has 0 radical (unpaired) electrons. The van der Waals surface area contributed by atoms with E-state index < -0.39 is 9.84 Å². The lowest BCUT2D eigenvalue weighted by Crippen LogP contribution is -2.41.